The highest BCUT2D eigenvalue weighted by atomic mass is 16.5. The van der Waals surface area contributed by atoms with E-state index >= 15 is 0 Å². The van der Waals surface area contributed by atoms with Gasteiger partial charge in [-0.3, -0.25) is 0 Å². The van der Waals surface area contributed by atoms with Crippen molar-refractivity contribution in [1.29, 1.82) is 0 Å². The van der Waals surface area contributed by atoms with E-state index < -0.39 is 0 Å². The fraction of sp³-hybridized carbons (Fsp3) is 0.500. The van der Waals surface area contributed by atoms with Gasteiger partial charge in [-0.2, -0.15) is 4.98 Å². The van der Waals surface area contributed by atoms with Crippen molar-refractivity contribution in [2.45, 2.75) is 32.4 Å². The van der Waals surface area contributed by atoms with Gasteiger partial charge in [-0.25, -0.2) is 4.98 Å². The van der Waals surface area contributed by atoms with Crippen molar-refractivity contribution in [1.82, 2.24) is 9.97 Å². The molecule has 0 saturated carbocycles. The van der Waals surface area contributed by atoms with Gasteiger partial charge in [0.15, 0.2) is 0 Å². The first kappa shape index (κ1) is 14.1. The number of likely N-dealkylation sites (N-methyl/N-ethyl adjacent to an activating group) is 1. The van der Waals surface area contributed by atoms with Gasteiger partial charge in [0, 0.05) is 25.6 Å². The number of benzene rings is 1. The van der Waals surface area contributed by atoms with Crippen molar-refractivity contribution in [2.75, 3.05) is 30.4 Å². The molecular weight excluding hydrogens is 264 g/mol. The van der Waals surface area contributed by atoms with Crippen LogP contribution in [0.1, 0.15) is 20.3 Å². The first-order valence-corrected chi connectivity index (χ1v) is 7.55. The summed E-state index contributed by atoms with van der Waals surface area (Å²) in [5.74, 6) is 1.66. The van der Waals surface area contributed by atoms with Crippen LogP contribution in [0.25, 0.3) is 10.9 Å². The zero-order chi connectivity index (χ0) is 14.8. The molecular formula is C16H22N4O. The zero-order valence-corrected chi connectivity index (χ0v) is 12.8. The minimum atomic E-state index is 0.228. The molecule has 2 heterocycles. The van der Waals surface area contributed by atoms with Gasteiger partial charge < -0.3 is 15.0 Å². The number of anilines is 2. The van der Waals surface area contributed by atoms with E-state index in [2.05, 4.69) is 42.2 Å². The van der Waals surface area contributed by atoms with E-state index in [1.54, 1.807) is 0 Å². The molecule has 1 aromatic heterocycles. The standard InChI is InChI=1S/C16H22N4O/c1-4-17-16-18-13-8-6-5-7-12(13)15(19-16)20(3)14-9-10-21-11(14)2/h5-8,11,14H,4,9-10H2,1-3H3,(H,17,18,19). The first-order valence-electron chi connectivity index (χ1n) is 7.55. The molecule has 2 unspecified atom stereocenters. The maximum absolute atomic E-state index is 5.70. The third-order valence-electron chi connectivity index (χ3n) is 4.09. The van der Waals surface area contributed by atoms with Gasteiger partial charge in [-0.05, 0) is 32.4 Å². The van der Waals surface area contributed by atoms with Crippen molar-refractivity contribution in [2.24, 2.45) is 0 Å². The lowest BCUT2D eigenvalue weighted by molar-refractivity contribution is 0.118. The summed E-state index contributed by atoms with van der Waals surface area (Å²) in [6.07, 6.45) is 1.26. The number of rotatable bonds is 4. The molecule has 1 aliphatic heterocycles. The Morgan fingerprint density at radius 3 is 2.86 bits per heavy atom. The van der Waals surface area contributed by atoms with Crippen LogP contribution in [-0.2, 0) is 4.74 Å². The molecule has 1 fully saturated rings. The van der Waals surface area contributed by atoms with Crippen molar-refractivity contribution >= 4 is 22.7 Å². The summed E-state index contributed by atoms with van der Waals surface area (Å²) in [5, 5.41) is 4.30. The number of nitrogens with zero attached hydrogens (tertiary/aromatic N) is 3. The number of hydrogen-bond acceptors (Lipinski definition) is 5. The normalized spacial score (nSPS) is 21.7. The third-order valence-corrected chi connectivity index (χ3v) is 4.09. The summed E-state index contributed by atoms with van der Waals surface area (Å²) in [6, 6.07) is 8.51. The number of ether oxygens (including phenoxy) is 1. The van der Waals surface area contributed by atoms with E-state index in [1.807, 2.05) is 18.2 Å². The van der Waals surface area contributed by atoms with Crippen molar-refractivity contribution in [3.63, 3.8) is 0 Å². The number of hydrogen-bond donors (Lipinski definition) is 1. The van der Waals surface area contributed by atoms with Crippen LogP contribution in [0.2, 0.25) is 0 Å². The van der Waals surface area contributed by atoms with Crippen molar-refractivity contribution in [3.8, 4) is 0 Å². The Bertz CT molecular complexity index is 631. The smallest absolute Gasteiger partial charge is 0.225 e. The zero-order valence-electron chi connectivity index (χ0n) is 12.8. The van der Waals surface area contributed by atoms with Gasteiger partial charge in [0.25, 0.3) is 0 Å². The Morgan fingerprint density at radius 2 is 2.14 bits per heavy atom. The third kappa shape index (κ3) is 2.65. The lowest BCUT2D eigenvalue weighted by atomic mass is 10.1. The maximum Gasteiger partial charge on any atom is 0.225 e. The van der Waals surface area contributed by atoms with Crippen LogP contribution in [0.5, 0.6) is 0 Å². The molecule has 3 rings (SSSR count). The molecule has 0 bridgehead atoms. The maximum atomic E-state index is 5.70. The Morgan fingerprint density at radius 1 is 1.33 bits per heavy atom. The summed E-state index contributed by atoms with van der Waals surface area (Å²) in [5.41, 5.74) is 0.969. The van der Waals surface area contributed by atoms with Crippen LogP contribution in [-0.4, -0.2) is 42.3 Å². The second-order valence-electron chi connectivity index (χ2n) is 5.46. The van der Waals surface area contributed by atoms with Crippen LogP contribution in [0.3, 0.4) is 0 Å². The average molecular weight is 286 g/mol. The molecule has 2 atom stereocenters. The predicted octanol–water partition coefficient (Wildman–Crippen LogP) is 2.68. The van der Waals surface area contributed by atoms with E-state index in [0.717, 1.165) is 36.3 Å². The molecule has 0 radical (unpaired) electrons. The van der Waals surface area contributed by atoms with E-state index in [9.17, 15) is 0 Å². The quantitative estimate of drug-likeness (QED) is 0.936. The number of aromatic nitrogens is 2. The second-order valence-corrected chi connectivity index (χ2v) is 5.46. The largest absolute Gasteiger partial charge is 0.376 e. The van der Waals surface area contributed by atoms with E-state index in [0.29, 0.717) is 12.0 Å². The summed E-state index contributed by atoms with van der Waals surface area (Å²) in [6.45, 7) is 5.81. The van der Waals surface area contributed by atoms with Gasteiger partial charge >= 0.3 is 0 Å². The highest BCUT2D eigenvalue weighted by molar-refractivity contribution is 5.90. The number of para-hydroxylation sites is 1. The topological polar surface area (TPSA) is 50.3 Å². The molecule has 1 aromatic carbocycles. The van der Waals surface area contributed by atoms with E-state index in [-0.39, 0.29) is 6.10 Å². The Kier molecular flexibility index (Phi) is 3.92. The Hall–Kier alpha value is -1.88. The lowest BCUT2D eigenvalue weighted by Gasteiger charge is -2.29. The SMILES string of the molecule is CCNc1nc(N(C)C2CCOC2C)c2ccccc2n1. The molecule has 1 saturated heterocycles. The first-order chi connectivity index (χ1) is 10.2. The molecule has 5 heteroatoms. The second kappa shape index (κ2) is 5.85. The number of nitrogens with one attached hydrogen (secondary N) is 1. The Labute approximate surface area is 125 Å². The van der Waals surface area contributed by atoms with Crippen LogP contribution in [0.4, 0.5) is 11.8 Å². The van der Waals surface area contributed by atoms with Crippen LogP contribution >= 0.6 is 0 Å². The van der Waals surface area contributed by atoms with Crippen molar-refractivity contribution in [3.05, 3.63) is 24.3 Å². The summed E-state index contributed by atoms with van der Waals surface area (Å²) < 4.78 is 5.70. The van der Waals surface area contributed by atoms with E-state index in [1.165, 1.54) is 0 Å². The summed E-state index contributed by atoms with van der Waals surface area (Å²) in [7, 11) is 2.10. The molecule has 0 amide bonds. The van der Waals surface area contributed by atoms with Gasteiger partial charge in [-0.1, -0.05) is 12.1 Å². The van der Waals surface area contributed by atoms with Crippen LogP contribution < -0.4 is 10.2 Å². The average Bonchev–Trinajstić information content (AvgIpc) is 2.92. The fourth-order valence-corrected chi connectivity index (χ4v) is 2.95. The molecule has 2 aromatic rings. The Balaban J connectivity index is 2.06. The molecule has 1 aliphatic rings. The molecule has 21 heavy (non-hydrogen) atoms. The highest BCUT2D eigenvalue weighted by Crippen LogP contribution is 2.29. The molecule has 112 valence electrons. The van der Waals surface area contributed by atoms with Gasteiger partial charge in [0.05, 0.1) is 17.7 Å². The predicted molar refractivity (Wildman–Crippen MR) is 85.9 cm³/mol. The molecule has 0 spiro atoms. The van der Waals surface area contributed by atoms with Crippen LogP contribution in [0.15, 0.2) is 24.3 Å². The summed E-state index contributed by atoms with van der Waals surface area (Å²) in [4.78, 5) is 11.5. The lowest BCUT2D eigenvalue weighted by Crippen LogP contribution is -2.37. The van der Waals surface area contributed by atoms with Crippen molar-refractivity contribution < 1.29 is 4.74 Å². The monoisotopic (exact) mass is 286 g/mol. The molecule has 5 nitrogen and oxygen atoms in total. The minimum absolute atomic E-state index is 0.228. The molecule has 1 N–H and O–H groups in total. The highest BCUT2D eigenvalue weighted by Gasteiger charge is 2.29. The fourth-order valence-electron chi connectivity index (χ4n) is 2.95. The summed E-state index contributed by atoms with van der Waals surface area (Å²) >= 11 is 0. The van der Waals surface area contributed by atoms with Gasteiger partial charge in [-0.15, -0.1) is 0 Å². The molecule has 0 aliphatic carbocycles. The minimum Gasteiger partial charge on any atom is -0.376 e. The van der Waals surface area contributed by atoms with E-state index in [4.69, 9.17) is 9.72 Å². The van der Waals surface area contributed by atoms with Gasteiger partial charge in [0.1, 0.15) is 5.82 Å². The van der Waals surface area contributed by atoms with Gasteiger partial charge in [0.2, 0.25) is 5.95 Å². The van der Waals surface area contributed by atoms with Crippen LogP contribution in [0, 0.1) is 0 Å². The number of fused-ring (bicyclic) bond motifs is 1.